The smallest absolute Gasteiger partial charge is 0.338 e. The summed E-state index contributed by atoms with van der Waals surface area (Å²) in [6.07, 6.45) is -4.01. The average Bonchev–Trinajstić information content (AvgIpc) is 2.50. The molecule has 0 aliphatic rings. The normalized spacial score (nSPS) is 11.2. The van der Waals surface area contributed by atoms with Gasteiger partial charge in [-0.05, 0) is 42.7 Å². The summed E-state index contributed by atoms with van der Waals surface area (Å²) >= 11 is 5.60. The van der Waals surface area contributed by atoms with Gasteiger partial charge in [0.1, 0.15) is 0 Å². The van der Waals surface area contributed by atoms with Crippen LogP contribution in [0.2, 0.25) is 5.02 Å². The summed E-state index contributed by atoms with van der Waals surface area (Å²) in [6.45, 7) is 2.27. The molecule has 0 unspecified atom stereocenters. The lowest BCUT2D eigenvalue weighted by molar-refractivity contribution is -0.136. The number of urea groups is 1. The molecule has 0 bridgehead atoms. The maximum Gasteiger partial charge on any atom is 0.418 e. The van der Waals surface area contributed by atoms with Crippen LogP contribution < -0.4 is 10.6 Å². The van der Waals surface area contributed by atoms with E-state index in [1.54, 1.807) is 0 Å². The van der Waals surface area contributed by atoms with Crippen molar-refractivity contribution in [1.29, 1.82) is 0 Å². The third-order valence-electron chi connectivity index (χ3n) is 3.48. The van der Waals surface area contributed by atoms with Crippen LogP contribution in [0.15, 0.2) is 42.5 Å². The zero-order valence-electron chi connectivity index (χ0n) is 12.9. The first-order valence-corrected chi connectivity index (χ1v) is 7.61. The first-order chi connectivity index (χ1) is 11.3. The molecule has 0 spiro atoms. The van der Waals surface area contributed by atoms with Crippen molar-refractivity contribution in [1.82, 2.24) is 5.32 Å². The largest absolute Gasteiger partial charge is 0.418 e. The fourth-order valence-corrected chi connectivity index (χ4v) is 2.40. The van der Waals surface area contributed by atoms with Crippen LogP contribution in [-0.4, -0.2) is 12.6 Å². The lowest BCUT2D eigenvalue weighted by atomic mass is 10.1. The summed E-state index contributed by atoms with van der Waals surface area (Å²) in [5, 5.41) is 4.72. The Morgan fingerprint density at radius 3 is 2.54 bits per heavy atom. The predicted octanol–water partition coefficient (Wildman–Crippen LogP) is 5.03. The number of benzene rings is 2. The Bertz CT molecular complexity index is 732. The minimum absolute atomic E-state index is 0.0483. The first-order valence-electron chi connectivity index (χ1n) is 7.23. The van der Waals surface area contributed by atoms with Crippen LogP contribution in [0.25, 0.3) is 0 Å². The highest BCUT2D eigenvalue weighted by molar-refractivity contribution is 6.30. The van der Waals surface area contributed by atoms with E-state index in [0.717, 1.165) is 23.3 Å². The van der Waals surface area contributed by atoms with E-state index < -0.39 is 17.8 Å². The number of rotatable bonds is 4. The number of aryl methyl sites for hydroxylation is 1. The quantitative estimate of drug-likeness (QED) is 0.792. The van der Waals surface area contributed by atoms with Gasteiger partial charge in [0, 0.05) is 11.6 Å². The van der Waals surface area contributed by atoms with E-state index in [-0.39, 0.29) is 10.7 Å². The summed E-state index contributed by atoms with van der Waals surface area (Å²) in [6, 6.07) is 10.2. The lowest BCUT2D eigenvalue weighted by Crippen LogP contribution is -2.31. The second kappa shape index (κ2) is 7.57. The summed E-state index contributed by atoms with van der Waals surface area (Å²) in [5.41, 5.74) is 0.849. The Morgan fingerprint density at radius 2 is 1.88 bits per heavy atom. The molecule has 2 aromatic carbocycles. The SMILES string of the molecule is Cc1ccccc1CCNC(=O)Nc1ccc(Cl)cc1C(F)(F)F. The molecule has 128 valence electrons. The maximum atomic E-state index is 13.0. The Labute approximate surface area is 142 Å². The molecule has 24 heavy (non-hydrogen) atoms. The molecule has 0 saturated carbocycles. The highest BCUT2D eigenvalue weighted by Crippen LogP contribution is 2.36. The van der Waals surface area contributed by atoms with Crippen molar-refractivity contribution in [2.24, 2.45) is 0 Å². The van der Waals surface area contributed by atoms with Gasteiger partial charge < -0.3 is 10.6 Å². The van der Waals surface area contributed by atoms with Crippen LogP contribution in [0.1, 0.15) is 16.7 Å². The minimum atomic E-state index is -4.60. The van der Waals surface area contributed by atoms with Crippen molar-refractivity contribution in [3.05, 3.63) is 64.2 Å². The molecule has 3 nitrogen and oxygen atoms in total. The summed E-state index contributed by atoms with van der Waals surface area (Å²) in [7, 11) is 0. The van der Waals surface area contributed by atoms with Crippen LogP contribution in [0.3, 0.4) is 0 Å². The van der Waals surface area contributed by atoms with E-state index in [1.807, 2.05) is 31.2 Å². The molecule has 0 aliphatic heterocycles. The van der Waals surface area contributed by atoms with E-state index in [0.29, 0.717) is 13.0 Å². The van der Waals surface area contributed by atoms with Crippen molar-refractivity contribution in [2.75, 3.05) is 11.9 Å². The molecule has 2 aromatic rings. The van der Waals surface area contributed by atoms with E-state index in [1.165, 1.54) is 6.07 Å². The van der Waals surface area contributed by atoms with Gasteiger partial charge in [-0.25, -0.2) is 4.79 Å². The lowest BCUT2D eigenvalue weighted by Gasteiger charge is -2.15. The van der Waals surface area contributed by atoms with Crippen molar-refractivity contribution >= 4 is 23.3 Å². The van der Waals surface area contributed by atoms with Gasteiger partial charge in [0.25, 0.3) is 0 Å². The van der Waals surface area contributed by atoms with Gasteiger partial charge in [0.05, 0.1) is 11.3 Å². The fourth-order valence-electron chi connectivity index (χ4n) is 2.23. The van der Waals surface area contributed by atoms with E-state index in [9.17, 15) is 18.0 Å². The molecule has 0 atom stereocenters. The highest BCUT2D eigenvalue weighted by Gasteiger charge is 2.34. The predicted molar refractivity (Wildman–Crippen MR) is 88.4 cm³/mol. The van der Waals surface area contributed by atoms with E-state index in [2.05, 4.69) is 10.6 Å². The second-order valence-electron chi connectivity index (χ2n) is 5.25. The number of alkyl halides is 3. The third kappa shape index (κ3) is 4.89. The Kier molecular flexibility index (Phi) is 5.72. The number of hydrogen-bond acceptors (Lipinski definition) is 1. The number of carbonyl (C=O) groups is 1. The number of nitrogens with one attached hydrogen (secondary N) is 2. The number of carbonyl (C=O) groups excluding carboxylic acids is 1. The second-order valence-corrected chi connectivity index (χ2v) is 5.68. The first kappa shape index (κ1) is 18.1. The van der Waals surface area contributed by atoms with Crippen molar-refractivity contribution in [3.63, 3.8) is 0 Å². The molecule has 0 saturated heterocycles. The van der Waals surface area contributed by atoms with Gasteiger partial charge in [-0.3, -0.25) is 0 Å². The molecule has 0 radical (unpaired) electrons. The molecule has 7 heteroatoms. The van der Waals surface area contributed by atoms with Crippen LogP contribution >= 0.6 is 11.6 Å². The van der Waals surface area contributed by atoms with Crippen molar-refractivity contribution in [3.8, 4) is 0 Å². The Balaban J connectivity index is 1.97. The Morgan fingerprint density at radius 1 is 1.17 bits per heavy atom. The zero-order valence-corrected chi connectivity index (χ0v) is 13.6. The molecule has 2 N–H and O–H groups in total. The van der Waals surface area contributed by atoms with Crippen LogP contribution in [0, 0.1) is 6.92 Å². The minimum Gasteiger partial charge on any atom is -0.338 e. The number of halogens is 4. The molecule has 0 aliphatic carbocycles. The maximum absolute atomic E-state index is 13.0. The van der Waals surface area contributed by atoms with E-state index >= 15 is 0 Å². The zero-order chi connectivity index (χ0) is 17.7. The topological polar surface area (TPSA) is 41.1 Å². The molecule has 0 heterocycles. The van der Waals surface area contributed by atoms with Gasteiger partial charge in [0.15, 0.2) is 0 Å². The summed E-state index contributed by atoms with van der Waals surface area (Å²) in [5.74, 6) is 0. The summed E-state index contributed by atoms with van der Waals surface area (Å²) in [4.78, 5) is 11.8. The molecule has 0 fully saturated rings. The monoisotopic (exact) mass is 356 g/mol. The van der Waals surface area contributed by atoms with Gasteiger partial charge in [-0.15, -0.1) is 0 Å². The van der Waals surface area contributed by atoms with Crippen LogP contribution in [-0.2, 0) is 12.6 Å². The molecular weight excluding hydrogens is 341 g/mol. The van der Waals surface area contributed by atoms with Gasteiger partial charge in [-0.1, -0.05) is 35.9 Å². The van der Waals surface area contributed by atoms with Crippen LogP contribution in [0.5, 0.6) is 0 Å². The van der Waals surface area contributed by atoms with Gasteiger partial charge in [0.2, 0.25) is 0 Å². The third-order valence-corrected chi connectivity index (χ3v) is 3.71. The number of hydrogen-bond donors (Lipinski definition) is 2. The van der Waals surface area contributed by atoms with Gasteiger partial charge >= 0.3 is 12.2 Å². The molecule has 2 rings (SSSR count). The standard InChI is InChI=1S/C17H16ClF3N2O/c1-11-4-2-3-5-12(11)8-9-22-16(24)23-15-7-6-13(18)10-14(15)17(19,20)21/h2-7,10H,8-9H2,1H3,(H2,22,23,24). The fraction of sp³-hybridized carbons (Fsp3) is 0.235. The Hall–Kier alpha value is -2.21. The van der Waals surface area contributed by atoms with Crippen LogP contribution in [0.4, 0.5) is 23.7 Å². The summed E-state index contributed by atoms with van der Waals surface area (Å²) < 4.78 is 38.9. The number of anilines is 1. The molecule has 0 aromatic heterocycles. The van der Waals surface area contributed by atoms with Crippen molar-refractivity contribution < 1.29 is 18.0 Å². The highest BCUT2D eigenvalue weighted by atomic mass is 35.5. The number of amides is 2. The van der Waals surface area contributed by atoms with Crippen molar-refractivity contribution in [2.45, 2.75) is 19.5 Å². The van der Waals surface area contributed by atoms with E-state index in [4.69, 9.17) is 11.6 Å². The molecule has 2 amide bonds. The molecular formula is C17H16ClF3N2O. The van der Waals surface area contributed by atoms with Gasteiger partial charge in [-0.2, -0.15) is 13.2 Å². The average molecular weight is 357 g/mol.